The lowest BCUT2D eigenvalue weighted by Gasteiger charge is -2.31. The lowest BCUT2D eigenvalue weighted by Crippen LogP contribution is -2.37. The number of methoxy groups -OCH3 is 1. The number of sulfonamides is 1. The first-order valence-corrected chi connectivity index (χ1v) is 15.0. The van der Waals surface area contributed by atoms with E-state index in [0.29, 0.717) is 36.4 Å². The number of ether oxygens (including phenoxy) is 1. The van der Waals surface area contributed by atoms with Crippen LogP contribution in [0.3, 0.4) is 0 Å². The van der Waals surface area contributed by atoms with Crippen LogP contribution in [0.5, 0.6) is 5.75 Å². The number of H-pyrrole nitrogens is 1. The number of nitrogens with zero attached hydrogens (tertiary/aromatic N) is 1. The Labute approximate surface area is 239 Å². The standard InChI is InChI=1S/C33H31N3O4S/c1-40-27-11-7-23(8-12-27)24-9-13-28(14-10-24)41(38,39)36-17-15-25(16-18-36)31-21-35-32-29(31)19-26(20-30(32)33(34)37)22-5-3-2-4-6-22/h2-14,19-21,25,35H,15-18H2,1H3,(H2,34,37). The molecule has 208 valence electrons. The van der Waals surface area contributed by atoms with Crippen LogP contribution in [0.25, 0.3) is 33.2 Å². The van der Waals surface area contributed by atoms with Crippen molar-refractivity contribution >= 4 is 26.8 Å². The van der Waals surface area contributed by atoms with E-state index in [4.69, 9.17) is 10.5 Å². The predicted octanol–water partition coefficient (Wildman–Crippen LogP) is 6.18. The van der Waals surface area contributed by atoms with Crippen LogP contribution in [-0.4, -0.2) is 43.8 Å². The zero-order valence-electron chi connectivity index (χ0n) is 22.7. The number of amides is 1. The van der Waals surface area contributed by atoms with Crippen molar-refractivity contribution in [2.75, 3.05) is 20.2 Å². The molecule has 1 fully saturated rings. The van der Waals surface area contributed by atoms with Gasteiger partial charge in [0.15, 0.2) is 0 Å². The minimum absolute atomic E-state index is 0.152. The van der Waals surface area contributed by atoms with E-state index in [0.717, 1.165) is 44.5 Å². The molecule has 1 aromatic heterocycles. The second-order valence-electron chi connectivity index (χ2n) is 10.4. The summed E-state index contributed by atoms with van der Waals surface area (Å²) in [6, 6.07) is 28.5. The molecule has 1 aliphatic heterocycles. The van der Waals surface area contributed by atoms with Gasteiger partial charge in [-0.15, -0.1) is 0 Å². The number of carbonyl (C=O) groups is 1. The van der Waals surface area contributed by atoms with E-state index in [1.54, 1.807) is 23.5 Å². The summed E-state index contributed by atoms with van der Waals surface area (Å²) in [5.41, 5.74) is 11.9. The van der Waals surface area contributed by atoms with Crippen LogP contribution in [0.1, 0.15) is 34.7 Å². The van der Waals surface area contributed by atoms with Crippen molar-refractivity contribution in [3.05, 3.63) is 108 Å². The third-order valence-corrected chi connectivity index (χ3v) is 9.92. The summed E-state index contributed by atoms with van der Waals surface area (Å²) in [5.74, 6) is 0.438. The number of hydrogen-bond donors (Lipinski definition) is 2. The summed E-state index contributed by atoms with van der Waals surface area (Å²) >= 11 is 0. The maximum atomic E-state index is 13.5. The number of hydrogen-bond acceptors (Lipinski definition) is 4. The van der Waals surface area contributed by atoms with E-state index in [1.165, 1.54) is 0 Å². The second kappa shape index (κ2) is 10.9. The van der Waals surface area contributed by atoms with Gasteiger partial charge in [-0.05, 0) is 83.0 Å². The quantitative estimate of drug-likeness (QED) is 0.246. The summed E-state index contributed by atoms with van der Waals surface area (Å²) in [4.78, 5) is 15.9. The minimum Gasteiger partial charge on any atom is -0.497 e. The maximum Gasteiger partial charge on any atom is 0.250 e. The molecule has 1 amide bonds. The van der Waals surface area contributed by atoms with Gasteiger partial charge in [0.25, 0.3) is 5.91 Å². The number of rotatable bonds is 7. The van der Waals surface area contributed by atoms with E-state index < -0.39 is 15.9 Å². The third-order valence-electron chi connectivity index (χ3n) is 8.00. The molecule has 7 nitrogen and oxygen atoms in total. The molecule has 0 saturated carbocycles. The topological polar surface area (TPSA) is 105 Å². The van der Waals surface area contributed by atoms with Crippen molar-refractivity contribution in [2.24, 2.45) is 5.73 Å². The van der Waals surface area contributed by atoms with Gasteiger partial charge in [0.2, 0.25) is 10.0 Å². The van der Waals surface area contributed by atoms with Crippen LogP contribution < -0.4 is 10.5 Å². The summed E-state index contributed by atoms with van der Waals surface area (Å²) in [5, 5.41) is 0.954. The molecule has 0 spiro atoms. The summed E-state index contributed by atoms with van der Waals surface area (Å²) in [6.07, 6.45) is 3.30. The van der Waals surface area contributed by atoms with E-state index in [1.807, 2.05) is 79.0 Å². The molecular formula is C33H31N3O4S. The predicted molar refractivity (Wildman–Crippen MR) is 161 cm³/mol. The highest BCUT2D eigenvalue weighted by molar-refractivity contribution is 7.89. The van der Waals surface area contributed by atoms with Crippen molar-refractivity contribution in [1.29, 1.82) is 0 Å². The molecule has 0 aliphatic carbocycles. The van der Waals surface area contributed by atoms with Crippen LogP contribution in [0.15, 0.2) is 102 Å². The third kappa shape index (κ3) is 5.12. The molecule has 3 N–H and O–H groups in total. The van der Waals surface area contributed by atoms with Gasteiger partial charge in [-0.25, -0.2) is 8.42 Å². The monoisotopic (exact) mass is 565 g/mol. The van der Waals surface area contributed by atoms with Crippen molar-refractivity contribution in [1.82, 2.24) is 9.29 Å². The molecular weight excluding hydrogens is 534 g/mol. The SMILES string of the molecule is COc1ccc(-c2ccc(S(=O)(=O)N3CCC(c4c[nH]c5c(C(N)=O)cc(-c6ccccc6)cc45)CC3)cc2)cc1. The molecule has 1 aliphatic rings. The first-order valence-electron chi connectivity index (χ1n) is 13.6. The lowest BCUT2D eigenvalue weighted by atomic mass is 9.88. The molecule has 0 bridgehead atoms. The number of nitrogens with two attached hydrogens (primary N) is 1. The first-order chi connectivity index (χ1) is 19.8. The van der Waals surface area contributed by atoms with Crippen molar-refractivity contribution in [3.8, 4) is 28.0 Å². The molecule has 0 radical (unpaired) electrons. The van der Waals surface area contributed by atoms with Gasteiger partial charge in [-0.3, -0.25) is 4.79 Å². The summed E-state index contributed by atoms with van der Waals surface area (Å²) < 4.78 is 33.8. The van der Waals surface area contributed by atoms with Crippen molar-refractivity contribution in [3.63, 3.8) is 0 Å². The smallest absolute Gasteiger partial charge is 0.250 e. The highest BCUT2D eigenvalue weighted by Crippen LogP contribution is 2.38. The number of aromatic nitrogens is 1. The van der Waals surface area contributed by atoms with Gasteiger partial charge >= 0.3 is 0 Å². The zero-order chi connectivity index (χ0) is 28.6. The minimum atomic E-state index is -3.62. The number of aromatic amines is 1. The molecule has 1 saturated heterocycles. The lowest BCUT2D eigenvalue weighted by molar-refractivity contribution is 0.100. The van der Waals surface area contributed by atoms with Crippen LogP contribution in [-0.2, 0) is 10.0 Å². The van der Waals surface area contributed by atoms with Gasteiger partial charge in [0, 0.05) is 24.7 Å². The molecule has 0 atom stereocenters. The van der Waals surface area contributed by atoms with Crippen LogP contribution >= 0.6 is 0 Å². The van der Waals surface area contributed by atoms with Crippen LogP contribution in [0.4, 0.5) is 0 Å². The number of nitrogens with one attached hydrogen (secondary N) is 1. The molecule has 5 aromatic rings. The fourth-order valence-corrected chi connectivity index (χ4v) is 7.21. The largest absolute Gasteiger partial charge is 0.497 e. The molecule has 6 rings (SSSR count). The average molecular weight is 566 g/mol. The molecule has 0 unspecified atom stereocenters. The zero-order valence-corrected chi connectivity index (χ0v) is 23.5. The number of carbonyl (C=O) groups excluding carboxylic acids is 1. The van der Waals surface area contributed by atoms with Gasteiger partial charge in [0.1, 0.15) is 5.75 Å². The first kappa shape index (κ1) is 26.8. The maximum absolute atomic E-state index is 13.5. The number of primary amides is 1. The Hall–Kier alpha value is -4.40. The highest BCUT2D eigenvalue weighted by atomic mass is 32.2. The van der Waals surface area contributed by atoms with Crippen LogP contribution in [0, 0.1) is 0 Å². The molecule has 2 heterocycles. The molecule has 4 aromatic carbocycles. The van der Waals surface area contributed by atoms with Crippen molar-refractivity contribution < 1.29 is 17.9 Å². The summed E-state index contributed by atoms with van der Waals surface area (Å²) in [7, 11) is -2.00. The number of piperidine rings is 1. The molecule has 8 heteroatoms. The van der Waals surface area contributed by atoms with Gasteiger partial charge in [-0.2, -0.15) is 4.31 Å². The van der Waals surface area contributed by atoms with E-state index in [2.05, 4.69) is 11.1 Å². The number of benzene rings is 4. The normalized spacial score (nSPS) is 14.8. The van der Waals surface area contributed by atoms with E-state index in [9.17, 15) is 13.2 Å². The Kier molecular flexibility index (Phi) is 7.11. The average Bonchev–Trinajstić information content (AvgIpc) is 3.45. The Morgan fingerprint density at radius 2 is 1.46 bits per heavy atom. The van der Waals surface area contributed by atoms with E-state index in [-0.39, 0.29) is 5.92 Å². The number of fused-ring (bicyclic) bond motifs is 1. The van der Waals surface area contributed by atoms with E-state index >= 15 is 0 Å². The van der Waals surface area contributed by atoms with Crippen LogP contribution in [0.2, 0.25) is 0 Å². The van der Waals surface area contributed by atoms with Gasteiger partial charge in [0.05, 0.1) is 23.1 Å². The Morgan fingerprint density at radius 3 is 2.07 bits per heavy atom. The highest BCUT2D eigenvalue weighted by Gasteiger charge is 2.31. The van der Waals surface area contributed by atoms with Crippen molar-refractivity contribution in [2.45, 2.75) is 23.7 Å². The second-order valence-corrected chi connectivity index (χ2v) is 12.3. The van der Waals surface area contributed by atoms with Gasteiger partial charge in [-0.1, -0.05) is 54.6 Å². The fourth-order valence-electron chi connectivity index (χ4n) is 5.74. The Balaban J connectivity index is 1.21. The van der Waals surface area contributed by atoms with Gasteiger partial charge < -0.3 is 15.5 Å². The Bertz CT molecular complexity index is 1800. The summed E-state index contributed by atoms with van der Waals surface area (Å²) in [6.45, 7) is 0.835. The molecule has 41 heavy (non-hydrogen) atoms. The fraction of sp³-hybridized carbons (Fsp3) is 0.182. The Morgan fingerprint density at radius 1 is 0.854 bits per heavy atom.